The van der Waals surface area contributed by atoms with E-state index in [2.05, 4.69) is 42.0 Å². The number of carbonyl (C=O) groups is 1. The van der Waals surface area contributed by atoms with Gasteiger partial charge in [-0.1, -0.05) is 102 Å². The number of aliphatic imine (C=N–C) groups is 1. The Morgan fingerprint density at radius 3 is 2.50 bits per heavy atom. The number of amides is 1. The topological polar surface area (TPSA) is 92.2 Å². The molecule has 2 atom stereocenters. The summed E-state index contributed by atoms with van der Waals surface area (Å²) in [7, 11) is 0. The van der Waals surface area contributed by atoms with E-state index in [9.17, 15) is 4.79 Å². The van der Waals surface area contributed by atoms with Gasteiger partial charge in [0.2, 0.25) is 5.90 Å². The Bertz CT molecular complexity index is 1660. The SMILES string of the molecule is Cc1ccc(CCNNC(=O)[C@@]2(C/C=C/c3ccccc3)N=C(c3ccc(OCCCO)cc3)O[C@H]2c2ccc(Cl)cc2Cl)cc1. The molecule has 0 aromatic heterocycles. The van der Waals surface area contributed by atoms with E-state index in [0.717, 1.165) is 17.5 Å². The molecular formula is C37H37Cl2N3O4. The van der Waals surface area contributed by atoms with Crippen LogP contribution in [-0.4, -0.2) is 42.2 Å². The lowest BCUT2D eigenvalue weighted by molar-refractivity contribution is -0.129. The number of carbonyl (C=O) groups excluding carboxylic acids is 1. The Morgan fingerprint density at radius 2 is 1.78 bits per heavy atom. The molecule has 0 saturated carbocycles. The molecule has 7 nitrogen and oxygen atoms in total. The largest absolute Gasteiger partial charge is 0.494 e. The lowest BCUT2D eigenvalue weighted by atomic mass is 9.84. The van der Waals surface area contributed by atoms with E-state index >= 15 is 0 Å². The molecule has 1 amide bonds. The first-order valence-electron chi connectivity index (χ1n) is 15.2. The van der Waals surface area contributed by atoms with Crippen LogP contribution < -0.4 is 15.6 Å². The van der Waals surface area contributed by atoms with Crippen molar-refractivity contribution in [1.82, 2.24) is 10.9 Å². The van der Waals surface area contributed by atoms with Crippen LogP contribution in [0.4, 0.5) is 0 Å². The maximum absolute atomic E-state index is 14.3. The maximum atomic E-state index is 14.3. The quantitative estimate of drug-likeness (QED) is 0.0979. The zero-order valence-corrected chi connectivity index (χ0v) is 27.1. The molecule has 238 valence electrons. The Kier molecular flexibility index (Phi) is 11.5. The highest BCUT2D eigenvalue weighted by Gasteiger charge is 2.53. The molecule has 0 saturated heterocycles. The molecule has 4 aromatic rings. The van der Waals surface area contributed by atoms with Crippen LogP contribution in [0.15, 0.2) is 108 Å². The van der Waals surface area contributed by atoms with E-state index in [1.165, 1.54) is 5.56 Å². The monoisotopic (exact) mass is 657 g/mol. The van der Waals surface area contributed by atoms with Gasteiger partial charge in [0, 0.05) is 47.2 Å². The smallest absolute Gasteiger partial charge is 0.266 e. The van der Waals surface area contributed by atoms with Gasteiger partial charge in [-0.3, -0.25) is 10.2 Å². The molecule has 1 aliphatic rings. The minimum atomic E-state index is -1.41. The average molecular weight is 659 g/mol. The zero-order chi connectivity index (χ0) is 32.4. The maximum Gasteiger partial charge on any atom is 0.266 e. The van der Waals surface area contributed by atoms with Crippen molar-refractivity contribution in [1.29, 1.82) is 0 Å². The molecule has 0 spiro atoms. The summed E-state index contributed by atoms with van der Waals surface area (Å²) < 4.78 is 12.2. The number of rotatable bonds is 14. The summed E-state index contributed by atoms with van der Waals surface area (Å²) in [5.41, 5.74) is 9.23. The summed E-state index contributed by atoms with van der Waals surface area (Å²) in [5, 5.41) is 9.91. The first kappa shape index (κ1) is 33.2. The average Bonchev–Trinajstić information content (AvgIpc) is 3.45. The lowest BCUT2D eigenvalue weighted by Crippen LogP contribution is -2.52. The van der Waals surface area contributed by atoms with Gasteiger partial charge in [-0.15, -0.1) is 0 Å². The summed E-state index contributed by atoms with van der Waals surface area (Å²) in [6.45, 7) is 3.03. The van der Waals surface area contributed by atoms with Crippen molar-refractivity contribution < 1.29 is 19.4 Å². The molecule has 5 rings (SSSR count). The summed E-state index contributed by atoms with van der Waals surface area (Å²) in [6, 6.07) is 30.6. The van der Waals surface area contributed by atoms with Crippen LogP contribution in [0.2, 0.25) is 10.0 Å². The number of aliphatic hydroxyl groups is 1. The molecule has 4 aromatic carbocycles. The molecule has 1 aliphatic heterocycles. The van der Waals surface area contributed by atoms with Gasteiger partial charge in [0.05, 0.1) is 6.61 Å². The number of hydrogen-bond acceptors (Lipinski definition) is 6. The number of nitrogens with zero attached hydrogens (tertiary/aromatic N) is 1. The number of nitrogens with one attached hydrogen (secondary N) is 2. The number of aliphatic hydroxyl groups excluding tert-OH is 1. The molecule has 3 N–H and O–H groups in total. The van der Waals surface area contributed by atoms with Crippen molar-refractivity contribution in [2.75, 3.05) is 19.8 Å². The van der Waals surface area contributed by atoms with Gasteiger partial charge in [-0.25, -0.2) is 10.4 Å². The highest BCUT2D eigenvalue weighted by Crippen LogP contribution is 2.45. The lowest BCUT2D eigenvalue weighted by Gasteiger charge is -2.30. The van der Waals surface area contributed by atoms with Gasteiger partial charge in [-0.2, -0.15) is 0 Å². The van der Waals surface area contributed by atoms with Gasteiger partial charge < -0.3 is 14.6 Å². The third-order valence-corrected chi connectivity index (χ3v) is 8.24. The van der Waals surface area contributed by atoms with E-state index in [0.29, 0.717) is 52.4 Å². The minimum absolute atomic E-state index is 0.0566. The Morgan fingerprint density at radius 1 is 1.02 bits per heavy atom. The van der Waals surface area contributed by atoms with E-state index < -0.39 is 11.6 Å². The van der Waals surface area contributed by atoms with Crippen molar-refractivity contribution >= 4 is 41.1 Å². The van der Waals surface area contributed by atoms with E-state index in [1.54, 1.807) is 18.2 Å². The van der Waals surface area contributed by atoms with Crippen LogP contribution in [0.1, 0.15) is 46.8 Å². The predicted octanol–water partition coefficient (Wildman–Crippen LogP) is 7.29. The van der Waals surface area contributed by atoms with Crippen LogP contribution >= 0.6 is 23.2 Å². The molecule has 0 fully saturated rings. The third kappa shape index (κ3) is 8.36. The Hall–Kier alpha value is -4.14. The van der Waals surface area contributed by atoms with Crippen LogP contribution in [0.25, 0.3) is 6.08 Å². The van der Waals surface area contributed by atoms with E-state index in [4.69, 9.17) is 42.8 Å². The fourth-order valence-electron chi connectivity index (χ4n) is 5.16. The van der Waals surface area contributed by atoms with Crippen LogP contribution in [0.5, 0.6) is 5.75 Å². The summed E-state index contributed by atoms with van der Waals surface area (Å²) >= 11 is 13.0. The molecule has 0 radical (unpaired) electrons. The Labute approximate surface area is 279 Å². The molecule has 0 aliphatic carbocycles. The molecule has 1 heterocycles. The number of aryl methyl sites for hydroxylation is 1. The molecule has 0 unspecified atom stereocenters. The van der Waals surface area contributed by atoms with Crippen LogP contribution in [0.3, 0.4) is 0 Å². The van der Waals surface area contributed by atoms with Crippen LogP contribution in [0, 0.1) is 6.92 Å². The highest BCUT2D eigenvalue weighted by molar-refractivity contribution is 6.35. The second kappa shape index (κ2) is 15.9. The molecule has 9 heteroatoms. The zero-order valence-electron chi connectivity index (χ0n) is 25.6. The van der Waals surface area contributed by atoms with Crippen molar-refractivity contribution in [3.8, 4) is 5.75 Å². The predicted molar refractivity (Wildman–Crippen MR) is 184 cm³/mol. The van der Waals surface area contributed by atoms with Crippen LogP contribution in [-0.2, 0) is 16.0 Å². The number of halogens is 2. The highest BCUT2D eigenvalue weighted by atomic mass is 35.5. The summed E-state index contributed by atoms with van der Waals surface area (Å²) in [6.07, 6.45) is 4.54. The molecule has 0 bridgehead atoms. The number of hydrogen-bond donors (Lipinski definition) is 3. The third-order valence-electron chi connectivity index (χ3n) is 7.68. The van der Waals surface area contributed by atoms with Crippen molar-refractivity contribution in [2.24, 2.45) is 4.99 Å². The van der Waals surface area contributed by atoms with Crippen molar-refractivity contribution in [3.63, 3.8) is 0 Å². The summed E-state index contributed by atoms with van der Waals surface area (Å²) in [5.74, 6) is 0.602. The first-order valence-corrected chi connectivity index (χ1v) is 16.0. The Balaban J connectivity index is 1.47. The molecule has 46 heavy (non-hydrogen) atoms. The summed E-state index contributed by atoms with van der Waals surface area (Å²) in [4.78, 5) is 19.3. The first-order chi connectivity index (χ1) is 22.4. The van der Waals surface area contributed by atoms with Gasteiger partial charge >= 0.3 is 0 Å². The fourth-order valence-corrected chi connectivity index (χ4v) is 5.67. The van der Waals surface area contributed by atoms with Crippen molar-refractivity contribution in [2.45, 2.75) is 37.8 Å². The number of benzene rings is 4. The van der Waals surface area contributed by atoms with Gasteiger partial charge in [-0.05, 0) is 60.9 Å². The fraction of sp³-hybridized carbons (Fsp3) is 0.243. The number of hydrazine groups is 1. The van der Waals surface area contributed by atoms with E-state index in [1.807, 2.05) is 66.7 Å². The van der Waals surface area contributed by atoms with Gasteiger partial charge in [0.15, 0.2) is 11.6 Å². The van der Waals surface area contributed by atoms with Crippen molar-refractivity contribution in [3.05, 3.63) is 141 Å². The second-order valence-corrected chi connectivity index (χ2v) is 11.9. The van der Waals surface area contributed by atoms with Gasteiger partial charge in [0.1, 0.15) is 5.75 Å². The second-order valence-electron chi connectivity index (χ2n) is 11.1. The van der Waals surface area contributed by atoms with Gasteiger partial charge in [0.25, 0.3) is 5.91 Å². The normalized spacial score (nSPS) is 17.5. The minimum Gasteiger partial charge on any atom is -0.494 e. The van der Waals surface area contributed by atoms with E-state index in [-0.39, 0.29) is 18.9 Å². The standard InChI is InChI=1S/C37H37Cl2N3O4/c1-26-10-12-28(13-11-26)20-22-40-42-36(44)37(21-5-9-27-7-3-2-4-8-27)34(32-19-16-30(38)25-33(32)39)46-35(41-37)29-14-17-31(18-15-29)45-24-6-23-43/h2-5,7-19,25,34,40,43H,6,20-24H2,1H3,(H,42,44)/b9-5+/t34-,37-/m0/s1. The molecular weight excluding hydrogens is 621 g/mol. The number of ether oxygens (including phenoxy) is 2.